The molecule has 8 heteroatoms. The van der Waals surface area contributed by atoms with Gasteiger partial charge in [0.05, 0.1) is 5.56 Å². The molecule has 2 rings (SSSR count). The molecule has 1 heterocycles. The maximum absolute atomic E-state index is 12.0. The second-order valence-corrected chi connectivity index (χ2v) is 4.09. The fourth-order valence-corrected chi connectivity index (χ4v) is 1.60. The highest BCUT2D eigenvalue weighted by Crippen LogP contribution is 2.31. The molecule has 0 bridgehead atoms. The van der Waals surface area contributed by atoms with E-state index in [1.54, 1.807) is 0 Å². The minimum absolute atomic E-state index is 0.0137. The van der Waals surface area contributed by atoms with Crippen molar-refractivity contribution in [3.05, 3.63) is 47.1 Å². The number of hydrogen-bond donors (Lipinski definition) is 0. The van der Waals surface area contributed by atoms with Crippen molar-refractivity contribution in [3.63, 3.8) is 0 Å². The molecule has 0 saturated heterocycles. The standard InChI is InChI=1S/C13H6ClF3N2O2/c14-11-8(7-18)5-6-19-12(11)20-9-1-3-10(4-2-9)21-13(15,16)17/h1-6H. The first-order chi connectivity index (χ1) is 9.89. The summed E-state index contributed by atoms with van der Waals surface area (Å²) in [6.07, 6.45) is -3.42. The molecule has 21 heavy (non-hydrogen) atoms. The zero-order valence-corrected chi connectivity index (χ0v) is 10.9. The molecule has 2 aromatic rings. The van der Waals surface area contributed by atoms with Crippen LogP contribution in [-0.2, 0) is 0 Å². The molecule has 0 aliphatic rings. The number of rotatable bonds is 3. The third-order valence-corrected chi connectivity index (χ3v) is 2.61. The number of benzene rings is 1. The van der Waals surface area contributed by atoms with Crippen LogP contribution in [0, 0.1) is 11.3 Å². The van der Waals surface area contributed by atoms with Gasteiger partial charge in [-0.1, -0.05) is 11.6 Å². The van der Waals surface area contributed by atoms with Crippen molar-refractivity contribution in [1.82, 2.24) is 4.98 Å². The normalized spacial score (nSPS) is 10.8. The summed E-state index contributed by atoms with van der Waals surface area (Å²) < 4.78 is 45.1. The number of ether oxygens (including phenoxy) is 2. The van der Waals surface area contributed by atoms with Crippen molar-refractivity contribution < 1.29 is 22.6 Å². The molecule has 0 radical (unpaired) electrons. The number of nitrogens with zero attached hydrogens (tertiary/aromatic N) is 2. The van der Waals surface area contributed by atoms with Gasteiger partial charge in [-0.25, -0.2) is 4.98 Å². The second kappa shape index (κ2) is 5.89. The van der Waals surface area contributed by atoms with Crippen LogP contribution in [0.2, 0.25) is 5.02 Å². The summed E-state index contributed by atoms with van der Waals surface area (Å²) in [5.74, 6) is -0.186. The SMILES string of the molecule is N#Cc1ccnc(Oc2ccc(OC(F)(F)F)cc2)c1Cl. The van der Waals surface area contributed by atoms with Crippen molar-refractivity contribution in [1.29, 1.82) is 5.26 Å². The molecule has 0 spiro atoms. The average molecular weight is 315 g/mol. The monoisotopic (exact) mass is 314 g/mol. The van der Waals surface area contributed by atoms with Gasteiger partial charge in [0.1, 0.15) is 22.6 Å². The van der Waals surface area contributed by atoms with Crippen molar-refractivity contribution >= 4 is 11.6 Å². The summed E-state index contributed by atoms with van der Waals surface area (Å²) in [5.41, 5.74) is 0.179. The fraction of sp³-hybridized carbons (Fsp3) is 0.0769. The Morgan fingerprint density at radius 2 is 1.71 bits per heavy atom. The first-order valence-corrected chi connectivity index (χ1v) is 5.85. The van der Waals surface area contributed by atoms with Gasteiger partial charge in [-0.15, -0.1) is 13.2 Å². The van der Waals surface area contributed by atoms with Gasteiger partial charge in [0.25, 0.3) is 0 Å². The molecular weight excluding hydrogens is 309 g/mol. The zero-order chi connectivity index (χ0) is 15.5. The van der Waals surface area contributed by atoms with Crippen LogP contribution in [0.5, 0.6) is 17.4 Å². The number of aromatic nitrogens is 1. The summed E-state index contributed by atoms with van der Waals surface area (Å²) in [6.45, 7) is 0. The van der Waals surface area contributed by atoms with Crippen LogP contribution in [0.25, 0.3) is 0 Å². The molecule has 0 aliphatic heterocycles. The lowest BCUT2D eigenvalue weighted by molar-refractivity contribution is -0.274. The van der Waals surface area contributed by atoms with Gasteiger partial charge in [0.2, 0.25) is 5.88 Å². The molecule has 4 nitrogen and oxygen atoms in total. The van der Waals surface area contributed by atoms with E-state index in [0.29, 0.717) is 0 Å². The summed E-state index contributed by atoms with van der Waals surface area (Å²) >= 11 is 5.89. The first-order valence-electron chi connectivity index (χ1n) is 5.47. The summed E-state index contributed by atoms with van der Waals surface area (Å²) in [4.78, 5) is 3.85. The highest BCUT2D eigenvalue weighted by atomic mass is 35.5. The maximum Gasteiger partial charge on any atom is 0.573 e. The van der Waals surface area contributed by atoms with Crippen molar-refractivity contribution in [3.8, 4) is 23.4 Å². The van der Waals surface area contributed by atoms with Crippen molar-refractivity contribution in [2.75, 3.05) is 0 Å². The molecule has 0 amide bonds. The number of nitriles is 1. The van der Waals surface area contributed by atoms with E-state index in [-0.39, 0.29) is 28.0 Å². The predicted molar refractivity (Wildman–Crippen MR) is 67.2 cm³/mol. The van der Waals surface area contributed by atoms with E-state index in [1.807, 2.05) is 6.07 Å². The maximum atomic E-state index is 12.0. The second-order valence-electron chi connectivity index (χ2n) is 3.71. The molecule has 0 atom stereocenters. The molecule has 0 saturated carbocycles. The summed E-state index contributed by atoms with van der Waals surface area (Å²) in [5, 5.41) is 8.84. The van der Waals surface area contributed by atoms with Gasteiger partial charge >= 0.3 is 6.36 Å². The molecular formula is C13H6ClF3N2O2. The molecule has 1 aromatic carbocycles. The van der Waals surface area contributed by atoms with Crippen LogP contribution in [0.4, 0.5) is 13.2 Å². The Morgan fingerprint density at radius 3 is 2.29 bits per heavy atom. The van der Waals surface area contributed by atoms with Gasteiger partial charge in [-0.2, -0.15) is 5.26 Å². The van der Waals surface area contributed by atoms with Crippen LogP contribution < -0.4 is 9.47 Å². The number of alkyl halides is 3. The highest BCUT2D eigenvalue weighted by molar-refractivity contribution is 6.33. The number of halogens is 4. The molecule has 0 fully saturated rings. The molecule has 108 valence electrons. The van der Waals surface area contributed by atoms with Crippen LogP contribution >= 0.6 is 11.6 Å². The Kier molecular flexibility index (Phi) is 4.19. The van der Waals surface area contributed by atoms with E-state index >= 15 is 0 Å². The lowest BCUT2D eigenvalue weighted by Gasteiger charge is -2.10. The largest absolute Gasteiger partial charge is 0.573 e. The molecule has 0 aliphatic carbocycles. The van der Waals surface area contributed by atoms with E-state index in [4.69, 9.17) is 21.6 Å². The number of pyridine rings is 1. The van der Waals surface area contributed by atoms with Gasteiger partial charge in [0, 0.05) is 6.20 Å². The number of hydrogen-bond acceptors (Lipinski definition) is 4. The minimum Gasteiger partial charge on any atom is -0.437 e. The lowest BCUT2D eigenvalue weighted by atomic mass is 10.3. The first kappa shape index (κ1) is 14.9. The van der Waals surface area contributed by atoms with E-state index in [0.717, 1.165) is 12.1 Å². The van der Waals surface area contributed by atoms with Gasteiger partial charge < -0.3 is 9.47 Å². The lowest BCUT2D eigenvalue weighted by Crippen LogP contribution is -2.16. The topological polar surface area (TPSA) is 55.1 Å². The van der Waals surface area contributed by atoms with E-state index in [2.05, 4.69) is 9.72 Å². The Balaban J connectivity index is 2.16. The molecule has 1 aromatic heterocycles. The Hall–Kier alpha value is -2.46. The Labute approximate surface area is 122 Å². The smallest absolute Gasteiger partial charge is 0.437 e. The summed E-state index contributed by atoms with van der Waals surface area (Å²) in [7, 11) is 0. The highest BCUT2D eigenvalue weighted by Gasteiger charge is 2.31. The Bertz CT molecular complexity index is 681. The fourth-order valence-electron chi connectivity index (χ4n) is 1.40. The van der Waals surface area contributed by atoms with Crippen molar-refractivity contribution in [2.24, 2.45) is 0 Å². The van der Waals surface area contributed by atoms with E-state index in [1.165, 1.54) is 24.4 Å². The third kappa shape index (κ3) is 4.00. The van der Waals surface area contributed by atoms with Gasteiger partial charge in [-0.05, 0) is 30.3 Å². The Morgan fingerprint density at radius 1 is 1.10 bits per heavy atom. The van der Waals surface area contributed by atoms with Crippen molar-refractivity contribution in [2.45, 2.75) is 6.36 Å². The van der Waals surface area contributed by atoms with Crippen LogP contribution in [-0.4, -0.2) is 11.3 Å². The molecule has 0 unspecified atom stereocenters. The van der Waals surface area contributed by atoms with E-state index < -0.39 is 6.36 Å². The minimum atomic E-state index is -4.76. The zero-order valence-electron chi connectivity index (χ0n) is 10.2. The van der Waals surface area contributed by atoms with E-state index in [9.17, 15) is 13.2 Å². The van der Waals surface area contributed by atoms with Crippen LogP contribution in [0.3, 0.4) is 0 Å². The van der Waals surface area contributed by atoms with Gasteiger partial charge in [0.15, 0.2) is 0 Å². The van der Waals surface area contributed by atoms with Crippen LogP contribution in [0.15, 0.2) is 36.5 Å². The quantitative estimate of drug-likeness (QED) is 0.847. The predicted octanol–water partition coefficient (Wildman–Crippen LogP) is 4.30. The van der Waals surface area contributed by atoms with Gasteiger partial charge in [-0.3, -0.25) is 0 Å². The average Bonchev–Trinajstić information content (AvgIpc) is 2.42. The summed E-state index contributed by atoms with van der Waals surface area (Å²) in [6, 6.07) is 7.97. The van der Waals surface area contributed by atoms with Crippen LogP contribution in [0.1, 0.15) is 5.56 Å². The third-order valence-electron chi connectivity index (χ3n) is 2.25. The molecule has 0 N–H and O–H groups in total.